The number of fused-ring (bicyclic) bond motifs is 1. The van der Waals surface area contributed by atoms with Gasteiger partial charge in [0.15, 0.2) is 0 Å². The first-order chi connectivity index (χ1) is 34.1. The first-order valence-electron chi connectivity index (χ1n) is 20.3. The molecule has 400 valence electrons. The molecule has 0 N–H and O–H groups in total. The van der Waals surface area contributed by atoms with Crippen molar-refractivity contribution in [3.8, 4) is 5.75 Å². The van der Waals surface area contributed by atoms with Crippen LogP contribution in [-0.2, 0) is 49.4 Å². The van der Waals surface area contributed by atoms with E-state index in [-0.39, 0.29) is 0 Å². The maximum Gasteiger partial charge on any atom is 0.416 e. The second-order valence-corrected chi connectivity index (χ2v) is 16.6. The van der Waals surface area contributed by atoms with Gasteiger partial charge in [-0.2, -0.15) is 127 Å². The number of pyridine rings is 1. The molecule has 0 atom stereocenters. The molecule has 6 aromatic carbocycles. The second-order valence-electron chi connectivity index (χ2n) is 16.2. The number of benzene rings is 6. The molecule has 0 fully saturated rings. The van der Waals surface area contributed by atoms with Crippen molar-refractivity contribution in [3.63, 3.8) is 0 Å². The molecule has 0 aliphatic heterocycles. The van der Waals surface area contributed by atoms with Gasteiger partial charge in [-0.15, -0.1) is 0 Å². The summed E-state index contributed by atoms with van der Waals surface area (Å²) in [5.74, 6) is 0.712. The SMILES string of the molecule is Clc1cccc(O[n+]2cccc3ccccc32)c1.FC(F)(F)c1cc([B-](c2cc(C(F)(F)F)cc(C(F)(F)F)c2)(c2cc(C(F)(F)F)cc(C(F)(F)F)c2)c2cc(C(F)(F)F)cc(C(F)(F)F)c2)cc(C(F)(F)F)c1. The average Bonchev–Trinajstić information content (AvgIpc) is 3.27. The van der Waals surface area contributed by atoms with Crippen LogP contribution < -0.4 is 31.4 Å². The number of nitrogens with zero attached hydrogens (tertiary/aromatic N) is 1. The summed E-state index contributed by atoms with van der Waals surface area (Å²) in [6.07, 6.45) is -52.9. The fourth-order valence-electron chi connectivity index (χ4n) is 7.92. The Bertz CT molecular complexity index is 2780. The van der Waals surface area contributed by atoms with Gasteiger partial charge < -0.3 is 0 Å². The van der Waals surface area contributed by atoms with Gasteiger partial charge in [-0.1, -0.05) is 78.3 Å². The Balaban J connectivity index is 0.000000421. The van der Waals surface area contributed by atoms with E-state index in [0.717, 1.165) is 10.9 Å². The van der Waals surface area contributed by atoms with E-state index in [9.17, 15) is 105 Å². The van der Waals surface area contributed by atoms with Gasteiger partial charge in [0.05, 0.1) is 49.9 Å². The minimum Gasteiger partial charge on any atom is -0.231 e. The normalized spacial score (nSPS) is 13.4. The summed E-state index contributed by atoms with van der Waals surface area (Å²) in [4.78, 5) is 5.80. The molecule has 0 aliphatic rings. The highest BCUT2D eigenvalue weighted by molar-refractivity contribution is 7.20. The summed E-state index contributed by atoms with van der Waals surface area (Å²) in [6, 6.07) is 10.6. The minimum atomic E-state index is -6.13. The Morgan fingerprint density at radius 2 is 0.600 bits per heavy atom. The summed E-state index contributed by atoms with van der Waals surface area (Å²) >= 11 is 5.94. The molecule has 1 heterocycles. The highest BCUT2D eigenvalue weighted by Crippen LogP contribution is 2.41. The molecule has 0 radical (unpaired) electrons. The lowest BCUT2D eigenvalue weighted by molar-refractivity contribution is -0.854. The lowest BCUT2D eigenvalue weighted by Gasteiger charge is -2.46. The quantitative estimate of drug-likeness (QED) is 0.0919. The number of halogens is 25. The van der Waals surface area contributed by atoms with Gasteiger partial charge in [0.1, 0.15) is 6.15 Å². The Hall–Kier alpha value is -6.80. The van der Waals surface area contributed by atoms with Crippen LogP contribution in [0.1, 0.15) is 44.5 Å². The number of rotatable bonds is 6. The van der Waals surface area contributed by atoms with Crippen molar-refractivity contribution in [2.24, 2.45) is 0 Å². The summed E-state index contributed by atoms with van der Waals surface area (Å²) in [5, 5.41) is 1.79. The third kappa shape index (κ3) is 13.0. The van der Waals surface area contributed by atoms with Crippen LogP contribution in [0.5, 0.6) is 5.75 Å². The van der Waals surface area contributed by atoms with Crippen molar-refractivity contribution in [1.29, 1.82) is 0 Å². The van der Waals surface area contributed by atoms with E-state index in [2.05, 4.69) is 0 Å². The van der Waals surface area contributed by atoms with Crippen molar-refractivity contribution in [2.75, 3.05) is 0 Å². The van der Waals surface area contributed by atoms with E-state index >= 15 is 0 Å². The van der Waals surface area contributed by atoms with E-state index in [1.54, 1.807) is 10.8 Å². The number of alkyl halides is 24. The van der Waals surface area contributed by atoms with E-state index in [0.29, 0.717) is 10.8 Å². The molecule has 7 rings (SSSR count). The van der Waals surface area contributed by atoms with E-state index < -0.39 is 195 Å². The van der Waals surface area contributed by atoms with Gasteiger partial charge in [0, 0.05) is 28.0 Å². The van der Waals surface area contributed by atoms with E-state index in [4.69, 9.17) is 16.4 Å². The van der Waals surface area contributed by atoms with Crippen LogP contribution >= 0.6 is 11.6 Å². The Kier molecular flexibility index (Phi) is 15.1. The zero-order valence-electron chi connectivity index (χ0n) is 36.2. The number of aromatic nitrogens is 1. The van der Waals surface area contributed by atoms with Crippen molar-refractivity contribution >= 4 is 50.5 Å². The lowest BCUT2D eigenvalue weighted by Crippen LogP contribution is -2.75. The molecule has 0 spiro atoms. The van der Waals surface area contributed by atoms with Gasteiger partial charge in [-0.3, -0.25) is 0 Å². The predicted molar refractivity (Wildman–Crippen MR) is 222 cm³/mol. The van der Waals surface area contributed by atoms with Gasteiger partial charge in [-0.25, -0.2) is 4.84 Å². The molecule has 75 heavy (non-hydrogen) atoms. The largest absolute Gasteiger partial charge is 0.416 e. The summed E-state index contributed by atoms with van der Waals surface area (Å²) in [7, 11) is 0. The fourth-order valence-corrected chi connectivity index (χ4v) is 8.10. The molecule has 0 aliphatic carbocycles. The topological polar surface area (TPSA) is 13.1 Å². The van der Waals surface area contributed by atoms with Crippen molar-refractivity contribution in [3.05, 3.63) is 189 Å². The maximum absolute atomic E-state index is 14.2. The molecule has 0 saturated carbocycles. The van der Waals surface area contributed by atoms with Crippen LogP contribution in [0, 0.1) is 0 Å². The lowest BCUT2D eigenvalue weighted by atomic mass is 9.12. The van der Waals surface area contributed by atoms with Crippen molar-refractivity contribution in [1.82, 2.24) is 0 Å². The third-order valence-corrected chi connectivity index (χ3v) is 11.3. The first kappa shape index (κ1) is 57.5. The summed E-state index contributed by atoms with van der Waals surface area (Å²) < 4.78 is 343. The first-order valence-corrected chi connectivity index (χ1v) is 20.7. The van der Waals surface area contributed by atoms with Crippen LogP contribution in [0.4, 0.5) is 105 Å². The van der Waals surface area contributed by atoms with Crippen LogP contribution in [0.2, 0.25) is 5.02 Å². The third-order valence-electron chi connectivity index (χ3n) is 11.1. The summed E-state index contributed by atoms with van der Waals surface area (Å²) in [5.41, 5.74) is -29.2. The predicted octanol–water partition coefficient (Wildman–Crippen LogP) is 14.8. The molecule has 0 bridgehead atoms. The average molecular weight is 1120 g/mol. The maximum atomic E-state index is 14.2. The zero-order chi connectivity index (χ0) is 56.3. The Morgan fingerprint density at radius 1 is 0.320 bits per heavy atom. The van der Waals surface area contributed by atoms with Crippen molar-refractivity contribution < 1.29 is 115 Å². The zero-order valence-corrected chi connectivity index (χ0v) is 36.9. The minimum absolute atomic E-state index is 0.660. The number of hydrogen-bond acceptors (Lipinski definition) is 1. The highest BCUT2D eigenvalue weighted by atomic mass is 35.5. The number of para-hydroxylation sites is 1. The Morgan fingerprint density at radius 3 is 0.880 bits per heavy atom. The van der Waals surface area contributed by atoms with E-state index in [1.165, 1.54) is 0 Å². The molecule has 1 aromatic heterocycles. The molecular formula is C47H23BClF24NO. The van der Waals surface area contributed by atoms with Gasteiger partial charge in [0.2, 0.25) is 11.9 Å². The smallest absolute Gasteiger partial charge is 0.231 e. The monoisotopic (exact) mass is 1120 g/mol. The molecule has 7 aromatic rings. The fraction of sp³-hybridized carbons (Fsp3) is 0.170. The molecule has 2 nitrogen and oxygen atoms in total. The van der Waals surface area contributed by atoms with Gasteiger partial charge in [0.25, 0.3) is 5.52 Å². The second kappa shape index (κ2) is 19.7. The van der Waals surface area contributed by atoms with Crippen LogP contribution in [0.15, 0.2) is 140 Å². The molecule has 0 saturated heterocycles. The Labute approximate surface area is 409 Å². The van der Waals surface area contributed by atoms with Crippen LogP contribution in [0.25, 0.3) is 10.9 Å². The van der Waals surface area contributed by atoms with Gasteiger partial charge in [-0.05, 0) is 48.5 Å². The van der Waals surface area contributed by atoms with Crippen LogP contribution in [0.3, 0.4) is 0 Å². The standard InChI is InChI=1S/C32H12BF24.C15H11ClNO/c34-25(35,36)13-1-14(26(37,38)39)6-21(5-13)33(22-7-15(27(40,41)42)2-16(8-22)28(43,44)45,23-9-17(29(46,47)48)3-18(10-23)30(49,50)51)24-11-19(31(52,53)54)4-20(12-24)32(55,56)57;16-13-7-3-8-14(11-13)18-17-10-4-6-12-5-1-2-9-15(12)17/h1-12H;1-11H/q-1;+1. The molecule has 0 amide bonds. The molecular weight excluding hydrogens is 1100 g/mol. The molecule has 0 unspecified atom stereocenters. The van der Waals surface area contributed by atoms with Crippen LogP contribution in [-0.4, -0.2) is 6.15 Å². The van der Waals surface area contributed by atoms with Crippen molar-refractivity contribution in [2.45, 2.75) is 49.4 Å². The van der Waals surface area contributed by atoms with Gasteiger partial charge >= 0.3 is 49.4 Å². The highest BCUT2D eigenvalue weighted by Gasteiger charge is 2.47. The summed E-state index contributed by atoms with van der Waals surface area (Å²) in [6.45, 7) is 0. The molecule has 28 heteroatoms. The van der Waals surface area contributed by atoms with E-state index in [1.807, 2.05) is 60.8 Å². The number of hydrogen-bond donors (Lipinski definition) is 0.